The highest BCUT2D eigenvalue weighted by molar-refractivity contribution is 5.25. The van der Waals surface area contributed by atoms with E-state index in [1.165, 1.54) is 11.3 Å². The lowest BCUT2D eigenvalue weighted by Gasteiger charge is -2.24. The van der Waals surface area contributed by atoms with E-state index in [-0.39, 0.29) is 6.61 Å². The largest absolute Gasteiger partial charge is 0.394 e. The monoisotopic (exact) mass is 287 g/mol. The van der Waals surface area contributed by atoms with Gasteiger partial charge in [-0.2, -0.15) is 5.10 Å². The van der Waals surface area contributed by atoms with Crippen LogP contribution >= 0.6 is 0 Å². The number of hydrogen-bond donors (Lipinski definition) is 2. The molecule has 0 spiro atoms. The second kappa shape index (κ2) is 6.32. The highest BCUT2D eigenvalue weighted by atomic mass is 16.3. The SMILES string of the molecule is Cc1nccc(CNC2CCCc3c2cnn3CCO)n1. The zero-order valence-electron chi connectivity index (χ0n) is 12.3. The number of aliphatic hydroxyl groups excluding tert-OH is 1. The third-order valence-corrected chi connectivity index (χ3v) is 3.94. The lowest BCUT2D eigenvalue weighted by molar-refractivity contribution is 0.266. The summed E-state index contributed by atoms with van der Waals surface area (Å²) in [6.45, 7) is 3.35. The molecule has 1 aliphatic carbocycles. The topological polar surface area (TPSA) is 75.9 Å². The fourth-order valence-electron chi connectivity index (χ4n) is 2.95. The van der Waals surface area contributed by atoms with E-state index in [0.29, 0.717) is 12.6 Å². The number of aromatic nitrogens is 4. The molecule has 0 radical (unpaired) electrons. The first-order chi connectivity index (χ1) is 10.3. The second-order valence-electron chi connectivity index (χ2n) is 5.41. The van der Waals surface area contributed by atoms with Crippen LogP contribution in [-0.4, -0.2) is 31.5 Å². The van der Waals surface area contributed by atoms with Crippen molar-refractivity contribution in [3.8, 4) is 0 Å². The third-order valence-electron chi connectivity index (χ3n) is 3.94. The van der Waals surface area contributed by atoms with Crippen molar-refractivity contribution in [3.05, 3.63) is 41.2 Å². The molecular formula is C15H21N5O. The number of aliphatic hydroxyl groups is 1. The highest BCUT2D eigenvalue weighted by Crippen LogP contribution is 2.29. The summed E-state index contributed by atoms with van der Waals surface area (Å²) in [6.07, 6.45) is 7.03. The Labute approximate surface area is 124 Å². The second-order valence-corrected chi connectivity index (χ2v) is 5.41. The van der Waals surface area contributed by atoms with Gasteiger partial charge >= 0.3 is 0 Å². The van der Waals surface area contributed by atoms with Gasteiger partial charge in [-0.25, -0.2) is 9.97 Å². The van der Waals surface area contributed by atoms with E-state index in [0.717, 1.165) is 37.3 Å². The molecule has 21 heavy (non-hydrogen) atoms. The van der Waals surface area contributed by atoms with Crippen LogP contribution in [0.4, 0.5) is 0 Å². The molecule has 6 nitrogen and oxygen atoms in total. The van der Waals surface area contributed by atoms with Crippen LogP contribution < -0.4 is 5.32 Å². The van der Waals surface area contributed by atoms with Gasteiger partial charge in [0.05, 0.1) is 25.0 Å². The minimum atomic E-state index is 0.131. The van der Waals surface area contributed by atoms with Gasteiger partial charge in [0.15, 0.2) is 0 Å². The molecule has 1 atom stereocenters. The minimum Gasteiger partial charge on any atom is -0.394 e. The van der Waals surface area contributed by atoms with Crippen LogP contribution in [0.1, 0.15) is 41.7 Å². The molecule has 0 amide bonds. The fourth-order valence-corrected chi connectivity index (χ4v) is 2.95. The van der Waals surface area contributed by atoms with E-state index >= 15 is 0 Å². The van der Waals surface area contributed by atoms with Crippen molar-refractivity contribution in [1.82, 2.24) is 25.1 Å². The van der Waals surface area contributed by atoms with Crippen LogP contribution in [0.25, 0.3) is 0 Å². The molecule has 2 N–H and O–H groups in total. The van der Waals surface area contributed by atoms with E-state index in [1.54, 1.807) is 6.20 Å². The summed E-state index contributed by atoms with van der Waals surface area (Å²) in [5.74, 6) is 0.800. The molecular weight excluding hydrogens is 266 g/mol. The Hall–Kier alpha value is -1.79. The Kier molecular flexibility index (Phi) is 4.26. The first kappa shape index (κ1) is 14.2. The van der Waals surface area contributed by atoms with Crippen molar-refractivity contribution in [2.45, 2.75) is 45.3 Å². The fraction of sp³-hybridized carbons (Fsp3) is 0.533. The maximum atomic E-state index is 9.09. The van der Waals surface area contributed by atoms with Gasteiger partial charge in [-0.1, -0.05) is 0 Å². The number of aryl methyl sites for hydroxylation is 1. The average molecular weight is 287 g/mol. The normalized spacial score (nSPS) is 17.7. The van der Waals surface area contributed by atoms with E-state index in [2.05, 4.69) is 20.4 Å². The molecule has 0 fully saturated rings. The molecule has 2 aromatic heterocycles. The number of nitrogens with zero attached hydrogens (tertiary/aromatic N) is 4. The summed E-state index contributed by atoms with van der Waals surface area (Å²) in [7, 11) is 0. The Balaban J connectivity index is 1.70. The zero-order valence-corrected chi connectivity index (χ0v) is 12.3. The lowest BCUT2D eigenvalue weighted by Crippen LogP contribution is -2.25. The highest BCUT2D eigenvalue weighted by Gasteiger charge is 2.23. The molecule has 112 valence electrons. The van der Waals surface area contributed by atoms with Gasteiger partial charge in [-0.05, 0) is 32.3 Å². The van der Waals surface area contributed by atoms with Crippen LogP contribution in [0.15, 0.2) is 18.5 Å². The lowest BCUT2D eigenvalue weighted by atomic mass is 9.93. The first-order valence-corrected chi connectivity index (χ1v) is 7.45. The van der Waals surface area contributed by atoms with Crippen LogP contribution in [-0.2, 0) is 19.5 Å². The molecule has 1 aliphatic rings. The Bertz CT molecular complexity index is 610. The molecule has 0 aliphatic heterocycles. The summed E-state index contributed by atoms with van der Waals surface area (Å²) in [4.78, 5) is 8.54. The molecule has 3 rings (SSSR count). The van der Waals surface area contributed by atoms with Crippen molar-refractivity contribution in [2.24, 2.45) is 0 Å². The number of nitrogens with one attached hydrogen (secondary N) is 1. The van der Waals surface area contributed by atoms with Gasteiger partial charge in [0.1, 0.15) is 5.82 Å². The number of fused-ring (bicyclic) bond motifs is 1. The molecule has 2 aromatic rings. The summed E-state index contributed by atoms with van der Waals surface area (Å²) in [6, 6.07) is 2.26. The van der Waals surface area contributed by atoms with Crippen LogP contribution in [0.2, 0.25) is 0 Å². The van der Waals surface area contributed by atoms with Crippen molar-refractivity contribution < 1.29 is 5.11 Å². The van der Waals surface area contributed by atoms with Crippen molar-refractivity contribution in [2.75, 3.05) is 6.61 Å². The van der Waals surface area contributed by atoms with E-state index in [1.807, 2.05) is 23.9 Å². The summed E-state index contributed by atoms with van der Waals surface area (Å²) in [5.41, 5.74) is 3.53. The van der Waals surface area contributed by atoms with Gasteiger partial charge in [0.2, 0.25) is 0 Å². The quantitative estimate of drug-likeness (QED) is 0.862. The third kappa shape index (κ3) is 3.11. The maximum Gasteiger partial charge on any atom is 0.125 e. The number of hydrogen-bond acceptors (Lipinski definition) is 5. The predicted molar refractivity (Wildman–Crippen MR) is 78.6 cm³/mol. The van der Waals surface area contributed by atoms with Gasteiger partial charge in [-0.3, -0.25) is 4.68 Å². The van der Waals surface area contributed by atoms with Gasteiger partial charge < -0.3 is 10.4 Å². The van der Waals surface area contributed by atoms with Crippen molar-refractivity contribution in [1.29, 1.82) is 0 Å². The van der Waals surface area contributed by atoms with Gasteiger partial charge in [0, 0.05) is 30.0 Å². The van der Waals surface area contributed by atoms with E-state index in [4.69, 9.17) is 5.11 Å². The molecule has 0 bridgehead atoms. The summed E-state index contributed by atoms with van der Waals surface area (Å²) in [5, 5.41) is 17.1. The Morgan fingerprint density at radius 1 is 1.48 bits per heavy atom. The maximum absolute atomic E-state index is 9.09. The van der Waals surface area contributed by atoms with Crippen LogP contribution in [0, 0.1) is 6.92 Å². The standard InChI is InChI=1S/C15H21N5O/c1-11-16-6-5-12(19-11)9-17-14-3-2-4-15-13(14)10-18-20(15)7-8-21/h5-6,10,14,17,21H,2-4,7-9H2,1H3. The Morgan fingerprint density at radius 2 is 2.38 bits per heavy atom. The Morgan fingerprint density at radius 3 is 3.19 bits per heavy atom. The zero-order chi connectivity index (χ0) is 14.7. The molecule has 0 aromatic carbocycles. The summed E-state index contributed by atoms with van der Waals surface area (Å²) >= 11 is 0. The minimum absolute atomic E-state index is 0.131. The predicted octanol–water partition coefficient (Wildman–Crippen LogP) is 1.14. The van der Waals surface area contributed by atoms with Crippen molar-refractivity contribution in [3.63, 3.8) is 0 Å². The van der Waals surface area contributed by atoms with E-state index in [9.17, 15) is 0 Å². The van der Waals surface area contributed by atoms with Gasteiger partial charge in [0.25, 0.3) is 0 Å². The smallest absolute Gasteiger partial charge is 0.125 e. The van der Waals surface area contributed by atoms with Crippen LogP contribution in [0.5, 0.6) is 0 Å². The number of rotatable bonds is 5. The molecule has 1 unspecified atom stereocenters. The molecule has 0 saturated carbocycles. The average Bonchev–Trinajstić information content (AvgIpc) is 2.90. The molecule has 0 saturated heterocycles. The van der Waals surface area contributed by atoms with E-state index < -0.39 is 0 Å². The molecule has 2 heterocycles. The van der Waals surface area contributed by atoms with Gasteiger partial charge in [-0.15, -0.1) is 0 Å². The molecule has 6 heteroatoms. The first-order valence-electron chi connectivity index (χ1n) is 7.45. The van der Waals surface area contributed by atoms with Crippen LogP contribution in [0.3, 0.4) is 0 Å². The summed E-state index contributed by atoms with van der Waals surface area (Å²) < 4.78 is 1.93. The van der Waals surface area contributed by atoms with Crippen molar-refractivity contribution >= 4 is 0 Å².